The number of nitrogens with one attached hydrogen (secondary N) is 2. The van der Waals surface area contributed by atoms with Gasteiger partial charge in [-0.25, -0.2) is 14.0 Å². The SMILES string of the molecule is CCCCCCCNC(=O)N(C)c1cccc(-c2ccc(CC(Nc3ccccc3C(=O)c3ccccc3)C(=O)O)c(F)c2)c1. The van der Waals surface area contributed by atoms with Crippen molar-refractivity contribution in [2.24, 2.45) is 0 Å². The Morgan fingerprint density at radius 1 is 0.822 bits per heavy atom. The summed E-state index contributed by atoms with van der Waals surface area (Å²) < 4.78 is 15.4. The van der Waals surface area contributed by atoms with E-state index in [1.165, 1.54) is 23.8 Å². The van der Waals surface area contributed by atoms with Crippen molar-refractivity contribution < 1.29 is 23.9 Å². The van der Waals surface area contributed by atoms with Crippen molar-refractivity contribution in [2.75, 3.05) is 23.8 Å². The highest BCUT2D eigenvalue weighted by molar-refractivity contribution is 6.12. The Labute approximate surface area is 264 Å². The minimum absolute atomic E-state index is 0.142. The molecular formula is C37H40FN3O4. The number of aliphatic carboxylic acids is 1. The summed E-state index contributed by atoms with van der Waals surface area (Å²) in [5.41, 5.74) is 3.37. The third-order valence-corrected chi connectivity index (χ3v) is 7.74. The maximum Gasteiger partial charge on any atom is 0.326 e. The molecule has 45 heavy (non-hydrogen) atoms. The molecule has 0 saturated carbocycles. The van der Waals surface area contributed by atoms with E-state index in [1.807, 2.05) is 30.3 Å². The number of urea groups is 1. The molecule has 8 heteroatoms. The molecule has 7 nitrogen and oxygen atoms in total. The minimum Gasteiger partial charge on any atom is -0.480 e. The van der Waals surface area contributed by atoms with E-state index in [0.717, 1.165) is 24.8 Å². The van der Waals surface area contributed by atoms with Crippen molar-refractivity contribution in [3.05, 3.63) is 120 Å². The largest absolute Gasteiger partial charge is 0.480 e. The quantitative estimate of drug-likeness (QED) is 0.0939. The first-order valence-electron chi connectivity index (χ1n) is 15.4. The summed E-state index contributed by atoms with van der Waals surface area (Å²) in [6.07, 6.45) is 5.41. The topological polar surface area (TPSA) is 98.7 Å². The third kappa shape index (κ3) is 9.01. The normalized spacial score (nSPS) is 11.4. The molecule has 0 aliphatic rings. The average Bonchev–Trinajstić information content (AvgIpc) is 3.06. The molecule has 1 unspecified atom stereocenters. The standard InChI is InChI=1S/C37H40FN3O4/c1-3-4-5-6-12-22-39-37(45)41(2)30-17-13-16-27(23-30)28-20-21-29(32(38)24-28)25-34(36(43)44)40-33-19-11-10-18-31(33)35(42)26-14-8-7-9-15-26/h7-11,13-21,23-24,34,40H,3-6,12,22,25H2,1-2H3,(H,39,45)(H,43,44). The van der Waals surface area contributed by atoms with E-state index >= 15 is 4.39 Å². The molecule has 0 spiro atoms. The molecule has 3 N–H and O–H groups in total. The van der Waals surface area contributed by atoms with Gasteiger partial charge in [-0.2, -0.15) is 0 Å². The Morgan fingerprint density at radius 3 is 2.27 bits per heavy atom. The molecule has 0 radical (unpaired) electrons. The van der Waals surface area contributed by atoms with Crippen LogP contribution in [-0.4, -0.2) is 42.5 Å². The lowest BCUT2D eigenvalue weighted by Crippen LogP contribution is -2.37. The Morgan fingerprint density at radius 2 is 1.53 bits per heavy atom. The summed E-state index contributed by atoms with van der Waals surface area (Å²) in [6, 6.07) is 26.0. The number of halogens is 1. The van der Waals surface area contributed by atoms with Gasteiger partial charge in [0.1, 0.15) is 11.9 Å². The van der Waals surface area contributed by atoms with Crippen molar-refractivity contribution in [3.63, 3.8) is 0 Å². The third-order valence-electron chi connectivity index (χ3n) is 7.74. The van der Waals surface area contributed by atoms with Crippen LogP contribution in [0.2, 0.25) is 0 Å². The van der Waals surface area contributed by atoms with Crippen molar-refractivity contribution in [3.8, 4) is 11.1 Å². The van der Waals surface area contributed by atoms with Crippen molar-refractivity contribution >= 4 is 29.2 Å². The van der Waals surface area contributed by atoms with Crippen molar-refractivity contribution in [1.82, 2.24) is 5.32 Å². The number of nitrogens with zero attached hydrogens (tertiary/aromatic N) is 1. The summed E-state index contributed by atoms with van der Waals surface area (Å²) >= 11 is 0. The number of para-hydroxylation sites is 1. The molecule has 0 aromatic heterocycles. The van der Waals surface area contributed by atoms with Crippen LogP contribution < -0.4 is 15.5 Å². The zero-order valence-corrected chi connectivity index (χ0v) is 25.8. The molecule has 0 heterocycles. The second kappa shape index (κ2) is 16.2. The first-order chi connectivity index (χ1) is 21.8. The van der Waals surface area contributed by atoms with Gasteiger partial charge in [-0.15, -0.1) is 0 Å². The Kier molecular flexibility index (Phi) is 11.8. The van der Waals surface area contributed by atoms with Gasteiger partial charge < -0.3 is 15.7 Å². The monoisotopic (exact) mass is 609 g/mol. The number of ketones is 1. The molecule has 0 aliphatic carbocycles. The van der Waals surface area contributed by atoms with E-state index in [4.69, 9.17) is 0 Å². The molecule has 0 saturated heterocycles. The zero-order chi connectivity index (χ0) is 32.2. The molecule has 4 aromatic carbocycles. The molecule has 1 atom stereocenters. The van der Waals surface area contributed by atoms with Crippen LogP contribution in [0.25, 0.3) is 11.1 Å². The summed E-state index contributed by atoms with van der Waals surface area (Å²) in [6.45, 7) is 2.78. The fourth-order valence-electron chi connectivity index (χ4n) is 5.11. The van der Waals surface area contributed by atoms with E-state index < -0.39 is 17.8 Å². The Bertz CT molecular complexity index is 1610. The van der Waals surface area contributed by atoms with Crippen LogP contribution in [0.1, 0.15) is 60.5 Å². The van der Waals surface area contributed by atoms with E-state index in [2.05, 4.69) is 17.6 Å². The number of unbranched alkanes of at least 4 members (excludes halogenated alkanes) is 4. The number of carboxylic acid groups (broad SMARTS) is 1. The van der Waals surface area contributed by atoms with Gasteiger partial charge >= 0.3 is 12.0 Å². The summed E-state index contributed by atoms with van der Waals surface area (Å²) in [4.78, 5) is 39.6. The molecule has 2 amide bonds. The first kappa shape index (κ1) is 32.9. The second-order valence-corrected chi connectivity index (χ2v) is 11.0. The summed E-state index contributed by atoms with van der Waals surface area (Å²) in [7, 11) is 1.69. The highest BCUT2D eigenvalue weighted by Gasteiger charge is 2.23. The van der Waals surface area contributed by atoms with Gasteiger partial charge in [0.25, 0.3) is 0 Å². The number of rotatable bonds is 15. The highest BCUT2D eigenvalue weighted by Crippen LogP contribution is 2.27. The number of hydrogen-bond acceptors (Lipinski definition) is 4. The van der Waals surface area contributed by atoms with Gasteiger partial charge in [0.05, 0.1) is 0 Å². The second-order valence-electron chi connectivity index (χ2n) is 11.0. The molecule has 234 valence electrons. The van der Waals surface area contributed by atoms with E-state index in [9.17, 15) is 19.5 Å². The zero-order valence-electron chi connectivity index (χ0n) is 25.8. The van der Waals surface area contributed by atoms with E-state index in [0.29, 0.717) is 34.6 Å². The number of carbonyl (C=O) groups is 3. The Hall–Kier alpha value is -4.98. The van der Waals surface area contributed by atoms with Crippen molar-refractivity contribution in [1.29, 1.82) is 0 Å². The van der Waals surface area contributed by atoms with Gasteiger partial charge in [-0.1, -0.05) is 99.3 Å². The average molecular weight is 610 g/mol. The van der Waals surface area contributed by atoms with Gasteiger partial charge in [0, 0.05) is 42.5 Å². The van der Waals surface area contributed by atoms with Gasteiger partial charge in [-0.3, -0.25) is 9.69 Å². The smallest absolute Gasteiger partial charge is 0.326 e. The number of carbonyl (C=O) groups excluding carboxylic acids is 2. The number of carboxylic acids is 1. The van der Waals surface area contributed by atoms with Crippen LogP contribution >= 0.6 is 0 Å². The van der Waals surface area contributed by atoms with Gasteiger partial charge in [0.15, 0.2) is 5.78 Å². The van der Waals surface area contributed by atoms with Gasteiger partial charge in [-0.05, 0) is 53.4 Å². The number of amides is 2. The van der Waals surface area contributed by atoms with Crippen LogP contribution in [0.3, 0.4) is 0 Å². The number of benzene rings is 4. The Balaban J connectivity index is 1.45. The first-order valence-corrected chi connectivity index (χ1v) is 15.4. The molecule has 0 bridgehead atoms. The molecule has 4 aromatic rings. The predicted molar refractivity (Wildman–Crippen MR) is 177 cm³/mol. The molecular weight excluding hydrogens is 569 g/mol. The highest BCUT2D eigenvalue weighted by atomic mass is 19.1. The van der Waals surface area contributed by atoms with Crippen LogP contribution in [0.5, 0.6) is 0 Å². The lowest BCUT2D eigenvalue weighted by atomic mass is 9.98. The maximum atomic E-state index is 15.4. The number of hydrogen-bond donors (Lipinski definition) is 3. The fourth-order valence-corrected chi connectivity index (χ4v) is 5.11. The summed E-state index contributed by atoms with van der Waals surface area (Å²) in [5, 5.41) is 15.9. The van der Waals surface area contributed by atoms with Gasteiger partial charge in [0.2, 0.25) is 0 Å². The van der Waals surface area contributed by atoms with E-state index in [-0.39, 0.29) is 23.8 Å². The molecule has 4 rings (SSSR count). The maximum absolute atomic E-state index is 15.4. The fraction of sp³-hybridized carbons (Fsp3) is 0.270. The van der Waals surface area contributed by atoms with Crippen molar-refractivity contribution in [2.45, 2.75) is 51.5 Å². The lowest BCUT2D eigenvalue weighted by Gasteiger charge is -2.20. The van der Waals surface area contributed by atoms with Crippen LogP contribution in [0.4, 0.5) is 20.6 Å². The number of anilines is 2. The van der Waals surface area contributed by atoms with Crippen LogP contribution in [0.15, 0.2) is 97.1 Å². The van der Waals surface area contributed by atoms with E-state index in [1.54, 1.807) is 67.7 Å². The predicted octanol–water partition coefficient (Wildman–Crippen LogP) is 7.95. The lowest BCUT2D eigenvalue weighted by molar-refractivity contribution is -0.137. The summed E-state index contributed by atoms with van der Waals surface area (Å²) in [5.74, 6) is -1.96. The molecule has 0 fully saturated rings. The minimum atomic E-state index is -1.18. The van der Waals surface area contributed by atoms with Crippen LogP contribution in [-0.2, 0) is 11.2 Å². The van der Waals surface area contributed by atoms with Crippen LogP contribution in [0, 0.1) is 5.82 Å². The molecule has 0 aliphatic heterocycles.